The van der Waals surface area contributed by atoms with Crippen molar-refractivity contribution in [2.24, 2.45) is 0 Å². The quantitative estimate of drug-likeness (QED) is 0.883. The zero-order valence-electron chi connectivity index (χ0n) is 12.3. The van der Waals surface area contributed by atoms with Crippen LogP contribution >= 0.6 is 0 Å². The normalized spacial score (nSPS) is 17.0. The third kappa shape index (κ3) is 3.86. The first-order valence-electron chi connectivity index (χ1n) is 7.67. The van der Waals surface area contributed by atoms with Gasteiger partial charge in [-0.1, -0.05) is 30.3 Å². The van der Waals surface area contributed by atoms with Crippen LogP contribution in [0.1, 0.15) is 30.0 Å². The number of rotatable bonds is 6. The van der Waals surface area contributed by atoms with Gasteiger partial charge >= 0.3 is 0 Å². The molecule has 0 saturated carbocycles. The molecule has 1 aliphatic heterocycles. The summed E-state index contributed by atoms with van der Waals surface area (Å²) >= 11 is 0. The first-order chi connectivity index (χ1) is 10.4. The van der Waals surface area contributed by atoms with E-state index in [4.69, 9.17) is 0 Å². The van der Waals surface area contributed by atoms with Crippen molar-refractivity contribution in [1.82, 2.24) is 20.2 Å². The number of nitrogens with one attached hydrogen (secondary N) is 1. The van der Waals surface area contributed by atoms with Crippen molar-refractivity contribution in [3.63, 3.8) is 0 Å². The van der Waals surface area contributed by atoms with Gasteiger partial charge in [0.25, 0.3) is 0 Å². The Hall–Kier alpha value is -1.78. The van der Waals surface area contributed by atoms with Crippen LogP contribution in [0.25, 0.3) is 0 Å². The van der Waals surface area contributed by atoms with Crippen LogP contribution in [0.3, 0.4) is 0 Å². The van der Waals surface area contributed by atoms with Crippen molar-refractivity contribution in [2.45, 2.75) is 25.4 Å². The van der Waals surface area contributed by atoms with E-state index in [1.165, 1.54) is 31.5 Å². The summed E-state index contributed by atoms with van der Waals surface area (Å²) in [7, 11) is 0. The lowest BCUT2D eigenvalue weighted by Gasteiger charge is -2.28. The molecule has 1 aliphatic rings. The van der Waals surface area contributed by atoms with Gasteiger partial charge in [0, 0.05) is 37.1 Å². The van der Waals surface area contributed by atoms with Gasteiger partial charge in [-0.25, -0.2) is 9.97 Å². The predicted molar refractivity (Wildman–Crippen MR) is 83.7 cm³/mol. The van der Waals surface area contributed by atoms with Crippen LogP contribution in [-0.2, 0) is 6.54 Å². The summed E-state index contributed by atoms with van der Waals surface area (Å²) in [4.78, 5) is 10.7. The Morgan fingerprint density at radius 3 is 2.48 bits per heavy atom. The second-order valence-corrected chi connectivity index (χ2v) is 5.55. The Morgan fingerprint density at radius 2 is 1.76 bits per heavy atom. The highest BCUT2D eigenvalue weighted by Crippen LogP contribution is 2.24. The van der Waals surface area contributed by atoms with Crippen molar-refractivity contribution < 1.29 is 0 Å². The molecule has 2 aromatic rings. The van der Waals surface area contributed by atoms with Gasteiger partial charge in [-0.05, 0) is 31.5 Å². The highest BCUT2D eigenvalue weighted by molar-refractivity contribution is 5.20. The molecule has 2 heterocycles. The maximum Gasteiger partial charge on any atom is 0.115 e. The van der Waals surface area contributed by atoms with Crippen LogP contribution in [0, 0.1) is 0 Å². The highest BCUT2D eigenvalue weighted by atomic mass is 15.2. The van der Waals surface area contributed by atoms with Gasteiger partial charge in [0.2, 0.25) is 0 Å². The molecule has 0 amide bonds. The Bertz CT molecular complexity index is 523. The second-order valence-electron chi connectivity index (χ2n) is 5.55. The third-order valence-corrected chi connectivity index (χ3v) is 4.05. The van der Waals surface area contributed by atoms with Crippen LogP contribution in [-0.4, -0.2) is 34.5 Å². The van der Waals surface area contributed by atoms with Gasteiger partial charge in [0.1, 0.15) is 6.33 Å². The van der Waals surface area contributed by atoms with Crippen LogP contribution < -0.4 is 5.32 Å². The van der Waals surface area contributed by atoms with E-state index in [2.05, 4.69) is 50.5 Å². The molecule has 1 aromatic carbocycles. The SMILES string of the molecule is c1ccc(C(CNCc2cncnc2)N2CCCC2)cc1. The minimum atomic E-state index is 0.457. The second kappa shape index (κ2) is 7.29. The lowest BCUT2D eigenvalue weighted by atomic mass is 10.1. The maximum absolute atomic E-state index is 4.06. The van der Waals surface area contributed by atoms with Crippen molar-refractivity contribution in [1.29, 1.82) is 0 Å². The van der Waals surface area contributed by atoms with E-state index < -0.39 is 0 Å². The van der Waals surface area contributed by atoms with E-state index >= 15 is 0 Å². The van der Waals surface area contributed by atoms with E-state index in [9.17, 15) is 0 Å². The molecule has 1 unspecified atom stereocenters. The largest absolute Gasteiger partial charge is 0.311 e. The molecule has 0 bridgehead atoms. The van der Waals surface area contributed by atoms with Gasteiger partial charge in [-0.2, -0.15) is 0 Å². The summed E-state index contributed by atoms with van der Waals surface area (Å²) in [5.41, 5.74) is 2.53. The molecule has 1 atom stereocenters. The Labute approximate surface area is 126 Å². The summed E-state index contributed by atoms with van der Waals surface area (Å²) < 4.78 is 0. The summed E-state index contributed by atoms with van der Waals surface area (Å²) in [6, 6.07) is 11.3. The highest BCUT2D eigenvalue weighted by Gasteiger charge is 2.22. The van der Waals surface area contributed by atoms with E-state index in [1.807, 2.05) is 12.4 Å². The molecule has 1 aromatic heterocycles. The van der Waals surface area contributed by atoms with Gasteiger partial charge in [0.15, 0.2) is 0 Å². The molecule has 4 nitrogen and oxygen atoms in total. The zero-order valence-corrected chi connectivity index (χ0v) is 12.3. The smallest absolute Gasteiger partial charge is 0.115 e. The van der Waals surface area contributed by atoms with Crippen molar-refractivity contribution in [3.8, 4) is 0 Å². The summed E-state index contributed by atoms with van der Waals surface area (Å²) in [6.45, 7) is 4.18. The average Bonchev–Trinajstić information content (AvgIpc) is 3.07. The van der Waals surface area contributed by atoms with E-state index in [0.717, 1.165) is 18.7 Å². The van der Waals surface area contributed by atoms with Crippen molar-refractivity contribution >= 4 is 0 Å². The van der Waals surface area contributed by atoms with Crippen molar-refractivity contribution in [3.05, 3.63) is 60.2 Å². The molecule has 1 fully saturated rings. The molecule has 0 radical (unpaired) electrons. The Balaban J connectivity index is 1.62. The third-order valence-electron chi connectivity index (χ3n) is 4.05. The van der Waals surface area contributed by atoms with Crippen LogP contribution in [0.5, 0.6) is 0 Å². The molecular formula is C17H22N4. The number of aromatic nitrogens is 2. The topological polar surface area (TPSA) is 41.1 Å². The molecule has 1 N–H and O–H groups in total. The van der Waals surface area contributed by atoms with E-state index in [0.29, 0.717) is 6.04 Å². The first kappa shape index (κ1) is 14.2. The molecular weight excluding hydrogens is 260 g/mol. The molecule has 0 spiro atoms. The van der Waals surface area contributed by atoms with Gasteiger partial charge in [0.05, 0.1) is 0 Å². The van der Waals surface area contributed by atoms with Crippen LogP contribution in [0.15, 0.2) is 49.1 Å². The first-order valence-corrected chi connectivity index (χ1v) is 7.67. The molecule has 4 heteroatoms. The zero-order chi connectivity index (χ0) is 14.3. The number of likely N-dealkylation sites (tertiary alicyclic amines) is 1. The number of hydrogen-bond acceptors (Lipinski definition) is 4. The Kier molecular flexibility index (Phi) is 4.92. The molecule has 3 rings (SSSR count). The summed E-state index contributed by atoms with van der Waals surface area (Å²) in [6.07, 6.45) is 7.94. The average molecular weight is 282 g/mol. The van der Waals surface area contributed by atoms with Gasteiger partial charge in [-0.3, -0.25) is 4.90 Å². The minimum Gasteiger partial charge on any atom is -0.311 e. The van der Waals surface area contributed by atoms with Crippen LogP contribution in [0.4, 0.5) is 0 Å². The van der Waals surface area contributed by atoms with Gasteiger partial charge in [-0.15, -0.1) is 0 Å². The van der Waals surface area contributed by atoms with E-state index in [-0.39, 0.29) is 0 Å². The Morgan fingerprint density at radius 1 is 1.05 bits per heavy atom. The molecule has 1 saturated heterocycles. The number of hydrogen-bond donors (Lipinski definition) is 1. The van der Waals surface area contributed by atoms with Gasteiger partial charge < -0.3 is 5.32 Å². The fourth-order valence-electron chi connectivity index (χ4n) is 2.96. The summed E-state index contributed by atoms with van der Waals surface area (Å²) in [5, 5.41) is 3.56. The van der Waals surface area contributed by atoms with Crippen LogP contribution in [0.2, 0.25) is 0 Å². The lowest BCUT2D eigenvalue weighted by molar-refractivity contribution is 0.238. The fraction of sp³-hybridized carbons (Fsp3) is 0.412. The fourth-order valence-corrected chi connectivity index (χ4v) is 2.96. The molecule has 0 aliphatic carbocycles. The van der Waals surface area contributed by atoms with Crippen molar-refractivity contribution in [2.75, 3.05) is 19.6 Å². The summed E-state index contributed by atoms with van der Waals surface area (Å²) in [5.74, 6) is 0. The molecule has 21 heavy (non-hydrogen) atoms. The molecule has 110 valence electrons. The lowest BCUT2D eigenvalue weighted by Crippen LogP contribution is -2.34. The number of benzene rings is 1. The monoisotopic (exact) mass is 282 g/mol. The maximum atomic E-state index is 4.06. The minimum absolute atomic E-state index is 0.457. The number of nitrogens with zero attached hydrogens (tertiary/aromatic N) is 3. The standard InChI is InChI=1S/C17H22N4/c1-2-6-16(7-3-1)17(21-8-4-5-9-21)13-18-10-15-11-19-14-20-12-15/h1-3,6-7,11-12,14,17-18H,4-5,8-10,13H2. The predicted octanol–water partition coefficient (Wildman–Crippen LogP) is 2.40. The van der Waals surface area contributed by atoms with E-state index in [1.54, 1.807) is 6.33 Å².